The first-order chi connectivity index (χ1) is 12.5. The predicted molar refractivity (Wildman–Crippen MR) is 96.1 cm³/mol. The van der Waals surface area contributed by atoms with Crippen LogP contribution in [0.3, 0.4) is 0 Å². The number of hydrogen-bond acceptors (Lipinski definition) is 8. The maximum atomic E-state index is 12.5. The van der Waals surface area contributed by atoms with Crippen molar-refractivity contribution >= 4 is 35.2 Å². The van der Waals surface area contributed by atoms with E-state index in [2.05, 4.69) is 9.59 Å². The molecule has 2 aliphatic rings. The lowest BCUT2D eigenvalue weighted by atomic mass is 9.77. The van der Waals surface area contributed by atoms with Crippen LogP contribution in [-0.4, -0.2) is 60.4 Å². The van der Waals surface area contributed by atoms with Crippen molar-refractivity contribution in [3.05, 3.63) is 21.7 Å². The summed E-state index contributed by atoms with van der Waals surface area (Å²) in [6.07, 6.45) is 1.17. The summed E-state index contributed by atoms with van der Waals surface area (Å²) in [5, 5.41) is 34.5. The minimum atomic E-state index is -1.13. The van der Waals surface area contributed by atoms with Crippen LogP contribution in [0.4, 0.5) is 0 Å². The smallest absolute Gasteiger partial charge is 0.353 e. The van der Waals surface area contributed by atoms with Crippen LogP contribution in [0.25, 0.3) is 0 Å². The molecule has 2 aliphatic heterocycles. The van der Waals surface area contributed by atoms with E-state index in [9.17, 15) is 19.8 Å². The van der Waals surface area contributed by atoms with Crippen molar-refractivity contribution in [2.24, 2.45) is 11.8 Å². The highest BCUT2D eigenvalue weighted by Gasteiger charge is 2.60. The van der Waals surface area contributed by atoms with Gasteiger partial charge in [-0.2, -0.15) is 0 Å². The number of aliphatic carboxylic acids is 1. The van der Waals surface area contributed by atoms with Crippen molar-refractivity contribution in [1.82, 2.24) is 14.5 Å². The highest BCUT2D eigenvalue weighted by Crippen LogP contribution is 2.52. The number of aliphatic hydroxyl groups excluding tert-OH is 2. The molecule has 10 heteroatoms. The number of unbranched alkanes of at least 4 members (excludes halogenated alkanes) is 1. The molecule has 3 rings (SSSR count). The van der Waals surface area contributed by atoms with E-state index in [-0.39, 0.29) is 30.2 Å². The Morgan fingerprint density at radius 2 is 2.23 bits per heavy atom. The molecular formula is C16H21N3O5S2. The number of rotatable bonds is 9. The summed E-state index contributed by atoms with van der Waals surface area (Å²) in [4.78, 5) is 26.3. The Morgan fingerprint density at radius 3 is 2.81 bits per heavy atom. The maximum Gasteiger partial charge on any atom is 0.353 e. The second-order valence-electron chi connectivity index (χ2n) is 6.49. The van der Waals surface area contributed by atoms with Crippen molar-refractivity contribution in [3.63, 3.8) is 0 Å². The Labute approximate surface area is 159 Å². The highest BCUT2D eigenvalue weighted by molar-refractivity contribution is 8.02. The van der Waals surface area contributed by atoms with Gasteiger partial charge >= 0.3 is 5.97 Å². The van der Waals surface area contributed by atoms with Gasteiger partial charge in [0, 0.05) is 28.6 Å². The average molecular weight is 399 g/mol. The minimum absolute atomic E-state index is 0.0269. The van der Waals surface area contributed by atoms with Crippen LogP contribution in [0.5, 0.6) is 0 Å². The molecule has 3 heterocycles. The van der Waals surface area contributed by atoms with Gasteiger partial charge in [-0.05, 0) is 31.3 Å². The molecule has 1 aromatic rings. The topological polar surface area (TPSA) is 124 Å². The lowest BCUT2D eigenvalue weighted by Crippen LogP contribution is -2.63. The van der Waals surface area contributed by atoms with Gasteiger partial charge < -0.3 is 20.2 Å². The first kappa shape index (κ1) is 19.3. The van der Waals surface area contributed by atoms with E-state index in [0.717, 1.165) is 12.1 Å². The summed E-state index contributed by atoms with van der Waals surface area (Å²) in [5.74, 6) is -1.71. The Bertz CT molecular complexity index is 707. The number of aromatic nitrogens is 2. The number of carboxylic acids is 1. The molecule has 4 atom stereocenters. The molecule has 3 N–H and O–H groups in total. The lowest BCUT2D eigenvalue weighted by molar-refractivity contribution is -0.163. The quantitative estimate of drug-likeness (QED) is 0.416. The average Bonchev–Trinajstić information content (AvgIpc) is 3.17. The molecule has 8 nitrogen and oxygen atoms in total. The Balaban J connectivity index is 1.89. The standard InChI is InChI=1S/C16H21N3O5S2/c1-8(21)11-12-10(4-2-3-5-20)14(25-6-9-7-26-18-17-9)13(16(23)24)19(12)15(11)22/h7-8,10-12,20-21H,2-6H2,1H3,(H,23,24)/t8-,10-,11-,12-/m1/s1. The first-order valence-corrected chi connectivity index (χ1v) is 10.3. The Kier molecular flexibility index (Phi) is 5.96. The minimum Gasteiger partial charge on any atom is -0.477 e. The van der Waals surface area contributed by atoms with E-state index < -0.39 is 18.0 Å². The monoisotopic (exact) mass is 399 g/mol. The molecule has 1 saturated heterocycles. The molecule has 142 valence electrons. The lowest BCUT2D eigenvalue weighted by Gasteiger charge is -2.47. The van der Waals surface area contributed by atoms with E-state index in [1.807, 2.05) is 5.38 Å². The number of fused-ring (bicyclic) bond motifs is 1. The van der Waals surface area contributed by atoms with Gasteiger partial charge in [-0.25, -0.2) is 4.79 Å². The zero-order valence-corrected chi connectivity index (χ0v) is 15.9. The van der Waals surface area contributed by atoms with Crippen LogP contribution in [0.1, 0.15) is 31.9 Å². The van der Waals surface area contributed by atoms with Gasteiger partial charge in [-0.1, -0.05) is 10.9 Å². The summed E-state index contributed by atoms with van der Waals surface area (Å²) in [6, 6.07) is -0.330. The molecule has 0 unspecified atom stereocenters. The SMILES string of the molecule is C[C@@H](O)[C@H]1C(=O)N2C(C(=O)O)=C(SCc3csnn3)[C@H](CCCCO)[C@H]12. The van der Waals surface area contributed by atoms with Gasteiger partial charge in [0.2, 0.25) is 5.91 Å². The van der Waals surface area contributed by atoms with Gasteiger partial charge in [-0.3, -0.25) is 4.79 Å². The first-order valence-electron chi connectivity index (χ1n) is 8.45. The van der Waals surface area contributed by atoms with E-state index in [0.29, 0.717) is 23.5 Å². The maximum absolute atomic E-state index is 12.5. The predicted octanol–water partition coefficient (Wildman–Crippen LogP) is 1.07. The van der Waals surface area contributed by atoms with E-state index in [4.69, 9.17) is 5.11 Å². The number of thioether (sulfide) groups is 1. The molecule has 1 aromatic heterocycles. The third-order valence-corrected chi connectivity index (χ3v) is 6.64. The molecular weight excluding hydrogens is 378 g/mol. The number of β-lactam (4-membered cyclic amide) rings is 1. The number of carbonyl (C=O) groups is 2. The molecule has 0 spiro atoms. The van der Waals surface area contributed by atoms with E-state index in [1.165, 1.54) is 28.2 Å². The molecule has 0 bridgehead atoms. The van der Waals surface area contributed by atoms with E-state index >= 15 is 0 Å². The molecule has 0 radical (unpaired) electrons. The van der Waals surface area contributed by atoms with Gasteiger partial charge in [0.1, 0.15) is 5.70 Å². The zero-order valence-electron chi connectivity index (χ0n) is 14.2. The fourth-order valence-electron chi connectivity index (χ4n) is 3.72. The van der Waals surface area contributed by atoms with Crippen molar-refractivity contribution in [2.45, 2.75) is 44.1 Å². The van der Waals surface area contributed by atoms with Crippen LogP contribution in [0.2, 0.25) is 0 Å². The number of hydrogen-bond donors (Lipinski definition) is 3. The van der Waals surface area contributed by atoms with Crippen molar-refractivity contribution in [1.29, 1.82) is 0 Å². The van der Waals surface area contributed by atoms with Gasteiger partial charge in [-0.15, -0.1) is 16.9 Å². The summed E-state index contributed by atoms with van der Waals surface area (Å²) in [6.45, 7) is 1.64. The fraction of sp³-hybridized carbons (Fsp3) is 0.625. The fourth-order valence-corrected chi connectivity index (χ4v) is 5.52. The molecule has 0 saturated carbocycles. The van der Waals surface area contributed by atoms with Crippen LogP contribution in [0, 0.1) is 11.8 Å². The second kappa shape index (κ2) is 8.03. The number of carboxylic acid groups (broad SMARTS) is 1. The number of nitrogens with zero attached hydrogens (tertiary/aromatic N) is 3. The van der Waals surface area contributed by atoms with Crippen LogP contribution in [-0.2, 0) is 15.3 Å². The van der Waals surface area contributed by atoms with Crippen LogP contribution >= 0.6 is 23.3 Å². The molecule has 26 heavy (non-hydrogen) atoms. The summed E-state index contributed by atoms with van der Waals surface area (Å²) in [7, 11) is 0. The van der Waals surface area contributed by atoms with Crippen LogP contribution in [0.15, 0.2) is 16.0 Å². The van der Waals surface area contributed by atoms with Gasteiger partial charge in [0.15, 0.2) is 0 Å². The van der Waals surface area contributed by atoms with Crippen molar-refractivity contribution < 1.29 is 24.9 Å². The highest BCUT2D eigenvalue weighted by atomic mass is 32.2. The third kappa shape index (κ3) is 3.38. The zero-order chi connectivity index (χ0) is 18.8. The largest absolute Gasteiger partial charge is 0.477 e. The van der Waals surface area contributed by atoms with E-state index in [1.54, 1.807) is 6.92 Å². The van der Waals surface area contributed by atoms with Crippen LogP contribution < -0.4 is 0 Å². The Hall–Kier alpha value is -1.49. The molecule has 0 aliphatic carbocycles. The molecule has 1 amide bonds. The van der Waals surface area contributed by atoms with Gasteiger partial charge in [0.05, 0.1) is 23.8 Å². The summed E-state index contributed by atoms with van der Waals surface area (Å²) >= 11 is 2.61. The second-order valence-corrected chi connectivity index (χ2v) is 8.12. The normalized spacial score (nSPS) is 26.0. The summed E-state index contributed by atoms with van der Waals surface area (Å²) in [5.41, 5.74) is 0.790. The molecule has 1 fully saturated rings. The van der Waals surface area contributed by atoms with Crippen molar-refractivity contribution in [2.75, 3.05) is 6.61 Å². The molecule has 0 aromatic carbocycles. The third-order valence-electron chi connectivity index (χ3n) is 4.84. The number of amides is 1. The van der Waals surface area contributed by atoms with Gasteiger partial charge in [0.25, 0.3) is 0 Å². The van der Waals surface area contributed by atoms with Crippen molar-refractivity contribution in [3.8, 4) is 0 Å². The Morgan fingerprint density at radius 1 is 1.46 bits per heavy atom. The number of aliphatic hydroxyl groups is 2. The number of carbonyl (C=O) groups excluding carboxylic acids is 1. The summed E-state index contributed by atoms with van der Waals surface area (Å²) < 4.78 is 3.81.